The van der Waals surface area contributed by atoms with Crippen molar-refractivity contribution in [3.8, 4) is 11.8 Å². The van der Waals surface area contributed by atoms with Gasteiger partial charge in [0.2, 0.25) is 0 Å². The van der Waals surface area contributed by atoms with E-state index in [-0.39, 0.29) is 18.4 Å². The summed E-state index contributed by atoms with van der Waals surface area (Å²) in [5, 5.41) is 14.2. The summed E-state index contributed by atoms with van der Waals surface area (Å²) in [4.78, 5) is 14.8. The zero-order chi connectivity index (χ0) is 17.4. The number of carbonyl (C=O) groups excluding carboxylic acids is 1. The van der Waals surface area contributed by atoms with E-state index >= 15 is 0 Å². The Morgan fingerprint density at radius 1 is 1.21 bits per heavy atom. The van der Waals surface area contributed by atoms with E-state index in [4.69, 9.17) is 0 Å². The highest BCUT2D eigenvalue weighted by Gasteiger charge is 2.45. The van der Waals surface area contributed by atoms with Crippen LogP contribution >= 0.6 is 0 Å². The molecule has 0 spiro atoms. The maximum Gasteiger partial charge on any atom is 0.257 e. The molecule has 0 radical (unpaired) electrons. The highest BCUT2D eigenvalue weighted by atomic mass is 16.3. The Kier molecular flexibility index (Phi) is 6.84. The number of amides is 1. The number of rotatable bonds is 5. The van der Waals surface area contributed by atoms with Crippen molar-refractivity contribution in [1.82, 2.24) is 10.2 Å². The number of nitrogens with one attached hydrogen (secondary N) is 1. The molecule has 1 saturated carbocycles. The first-order valence-corrected chi connectivity index (χ1v) is 8.71. The minimum absolute atomic E-state index is 0.0385. The zero-order valence-corrected chi connectivity index (χ0v) is 14.7. The number of hydrogen-bond acceptors (Lipinski definition) is 3. The fourth-order valence-electron chi connectivity index (χ4n) is 3.30. The topological polar surface area (TPSA) is 52.6 Å². The molecule has 0 aromatic heterocycles. The summed E-state index contributed by atoms with van der Waals surface area (Å²) in [5.74, 6) is 5.56. The van der Waals surface area contributed by atoms with Crippen LogP contribution in [-0.4, -0.2) is 43.1 Å². The Morgan fingerprint density at radius 2 is 1.88 bits per heavy atom. The third-order valence-electron chi connectivity index (χ3n) is 4.61. The van der Waals surface area contributed by atoms with E-state index in [2.05, 4.69) is 17.2 Å². The summed E-state index contributed by atoms with van der Waals surface area (Å²) in [6.07, 6.45) is 5.07. The Balaban J connectivity index is 2.13. The number of nitrogens with zero attached hydrogens (tertiary/aromatic N) is 1. The molecule has 1 aliphatic rings. The van der Waals surface area contributed by atoms with Crippen LogP contribution in [0.15, 0.2) is 30.3 Å². The molecule has 1 aromatic rings. The van der Waals surface area contributed by atoms with E-state index < -0.39 is 5.60 Å². The van der Waals surface area contributed by atoms with Crippen molar-refractivity contribution in [2.45, 2.75) is 37.7 Å². The number of hydrogen-bond donors (Lipinski definition) is 2. The van der Waals surface area contributed by atoms with Gasteiger partial charge in [0, 0.05) is 5.92 Å². The van der Waals surface area contributed by atoms with Gasteiger partial charge < -0.3 is 10.4 Å². The van der Waals surface area contributed by atoms with Crippen molar-refractivity contribution in [2.75, 3.05) is 27.2 Å². The van der Waals surface area contributed by atoms with Crippen molar-refractivity contribution in [3.05, 3.63) is 35.9 Å². The molecule has 130 valence electrons. The minimum Gasteiger partial charge on any atom is -0.375 e. The summed E-state index contributed by atoms with van der Waals surface area (Å²) < 4.78 is 0. The molecule has 0 saturated heterocycles. The van der Waals surface area contributed by atoms with Gasteiger partial charge in [0.25, 0.3) is 5.91 Å². The van der Waals surface area contributed by atoms with Crippen LogP contribution in [0.25, 0.3) is 0 Å². The lowest BCUT2D eigenvalue weighted by atomic mass is 9.73. The second kappa shape index (κ2) is 8.86. The van der Waals surface area contributed by atoms with Gasteiger partial charge in [-0.15, -0.1) is 0 Å². The minimum atomic E-state index is -1.47. The second-order valence-electron chi connectivity index (χ2n) is 6.74. The van der Waals surface area contributed by atoms with E-state index in [1.807, 2.05) is 49.3 Å². The van der Waals surface area contributed by atoms with Crippen molar-refractivity contribution in [1.29, 1.82) is 0 Å². The summed E-state index contributed by atoms with van der Waals surface area (Å²) in [5.41, 5.74) is -0.791. The third kappa shape index (κ3) is 4.59. The molecule has 4 nitrogen and oxygen atoms in total. The van der Waals surface area contributed by atoms with Crippen LogP contribution < -0.4 is 5.32 Å². The van der Waals surface area contributed by atoms with E-state index in [1.54, 1.807) is 0 Å². The normalized spacial score (nSPS) is 17.7. The Morgan fingerprint density at radius 3 is 2.50 bits per heavy atom. The maximum atomic E-state index is 12.8. The first-order chi connectivity index (χ1) is 11.5. The standard InChI is InChI=1S/C20H28N2O2/c1-22(2)16-10-9-15-21-19(23)20(24,17-11-5-3-6-12-17)18-13-7-4-8-14-18/h3,5-6,11-12,18,24H,4,7-8,13-16H2,1-2H3,(H,21,23)/t20-/m1/s1. The van der Waals surface area contributed by atoms with Crippen LogP contribution in [0.5, 0.6) is 0 Å². The largest absolute Gasteiger partial charge is 0.375 e. The summed E-state index contributed by atoms with van der Waals surface area (Å²) in [7, 11) is 3.90. The first kappa shape index (κ1) is 18.5. The van der Waals surface area contributed by atoms with Gasteiger partial charge in [0.1, 0.15) is 0 Å². The molecule has 1 aliphatic carbocycles. The molecule has 1 fully saturated rings. The molecule has 4 heteroatoms. The number of carbonyl (C=O) groups is 1. The lowest BCUT2D eigenvalue weighted by Gasteiger charge is -2.37. The molecule has 1 atom stereocenters. The van der Waals surface area contributed by atoms with Crippen LogP contribution in [0.1, 0.15) is 37.7 Å². The molecule has 2 rings (SSSR count). The average molecular weight is 328 g/mol. The van der Waals surface area contributed by atoms with Crippen LogP contribution in [0.2, 0.25) is 0 Å². The van der Waals surface area contributed by atoms with E-state index in [9.17, 15) is 9.90 Å². The first-order valence-electron chi connectivity index (χ1n) is 8.71. The fraction of sp³-hybridized carbons (Fsp3) is 0.550. The molecular formula is C20H28N2O2. The van der Waals surface area contributed by atoms with Gasteiger partial charge in [-0.1, -0.05) is 61.4 Å². The predicted molar refractivity (Wildman–Crippen MR) is 96.3 cm³/mol. The van der Waals surface area contributed by atoms with Crippen LogP contribution in [0.3, 0.4) is 0 Å². The predicted octanol–water partition coefficient (Wildman–Crippen LogP) is 2.14. The molecule has 1 aromatic carbocycles. The lowest BCUT2D eigenvalue weighted by molar-refractivity contribution is -0.149. The number of aliphatic hydroxyl groups is 1. The second-order valence-corrected chi connectivity index (χ2v) is 6.74. The van der Waals surface area contributed by atoms with Gasteiger partial charge in [-0.3, -0.25) is 9.69 Å². The van der Waals surface area contributed by atoms with E-state index in [0.717, 1.165) is 25.7 Å². The quantitative estimate of drug-likeness (QED) is 0.814. The monoisotopic (exact) mass is 328 g/mol. The highest BCUT2D eigenvalue weighted by molar-refractivity contribution is 5.87. The zero-order valence-electron chi connectivity index (χ0n) is 14.7. The summed E-state index contributed by atoms with van der Waals surface area (Å²) >= 11 is 0. The van der Waals surface area contributed by atoms with E-state index in [0.29, 0.717) is 12.1 Å². The molecule has 24 heavy (non-hydrogen) atoms. The molecular weight excluding hydrogens is 300 g/mol. The smallest absolute Gasteiger partial charge is 0.257 e. The number of benzene rings is 1. The lowest BCUT2D eigenvalue weighted by Crippen LogP contribution is -2.50. The van der Waals surface area contributed by atoms with Gasteiger partial charge in [-0.2, -0.15) is 0 Å². The highest BCUT2D eigenvalue weighted by Crippen LogP contribution is 2.39. The van der Waals surface area contributed by atoms with Crippen LogP contribution in [0.4, 0.5) is 0 Å². The van der Waals surface area contributed by atoms with Gasteiger partial charge in [-0.05, 0) is 32.5 Å². The maximum absolute atomic E-state index is 12.8. The van der Waals surface area contributed by atoms with Crippen molar-refractivity contribution >= 4 is 5.91 Å². The van der Waals surface area contributed by atoms with Crippen molar-refractivity contribution in [2.24, 2.45) is 5.92 Å². The summed E-state index contributed by atoms with van der Waals surface area (Å²) in [6, 6.07) is 9.31. The van der Waals surface area contributed by atoms with Gasteiger partial charge in [0.05, 0.1) is 13.1 Å². The summed E-state index contributed by atoms with van der Waals surface area (Å²) in [6.45, 7) is 0.913. The van der Waals surface area contributed by atoms with Crippen LogP contribution in [0, 0.1) is 17.8 Å². The molecule has 2 N–H and O–H groups in total. The van der Waals surface area contributed by atoms with Crippen molar-refractivity contribution in [3.63, 3.8) is 0 Å². The van der Waals surface area contributed by atoms with Gasteiger partial charge >= 0.3 is 0 Å². The fourth-order valence-corrected chi connectivity index (χ4v) is 3.30. The molecule has 1 amide bonds. The Labute approximate surface area is 145 Å². The van der Waals surface area contributed by atoms with Gasteiger partial charge in [-0.25, -0.2) is 0 Å². The molecule has 0 heterocycles. The third-order valence-corrected chi connectivity index (χ3v) is 4.61. The van der Waals surface area contributed by atoms with Crippen LogP contribution in [-0.2, 0) is 10.4 Å². The SMILES string of the molecule is CN(C)CC#CCNC(=O)[C@@](O)(c1ccccc1)C1CCCCC1. The molecule has 0 unspecified atom stereocenters. The van der Waals surface area contributed by atoms with Gasteiger partial charge in [0.15, 0.2) is 5.60 Å². The van der Waals surface area contributed by atoms with Crippen molar-refractivity contribution < 1.29 is 9.90 Å². The van der Waals surface area contributed by atoms with E-state index in [1.165, 1.54) is 6.42 Å². The average Bonchev–Trinajstić information content (AvgIpc) is 2.61. The molecule has 0 bridgehead atoms. The molecule has 0 aliphatic heterocycles. The Bertz CT molecular complexity index is 583. The Hall–Kier alpha value is -1.83.